The van der Waals surface area contributed by atoms with Crippen LogP contribution in [0.5, 0.6) is 0 Å². The minimum atomic E-state index is -0.899. The van der Waals surface area contributed by atoms with Crippen molar-refractivity contribution < 1.29 is 9.90 Å². The van der Waals surface area contributed by atoms with Crippen LogP contribution in [0.1, 0.15) is 10.4 Å². The molecule has 0 aromatic heterocycles. The lowest BCUT2D eigenvalue weighted by molar-refractivity contribution is 0.0697. The highest BCUT2D eigenvalue weighted by atomic mass is 79.9. The molecular weight excluding hydrogens is 316 g/mol. The normalized spacial score (nSPS) is 10.0. The van der Waals surface area contributed by atoms with Crippen molar-refractivity contribution in [2.75, 3.05) is 0 Å². The second kappa shape index (κ2) is 5.88. The van der Waals surface area contributed by atoms with Crippen LogP contribution in [0, 0.1) is 0 Å². The maximum Gasteiger partial charge on any atom is 0.336 e. The van der Waals surface area contributed by atoms with Crippen molar-refractivity contribution in [2.24, 2.45) is 0 Å². The van der Waals surface area contributed by atoms with E-state index in [0.717, 1.165) is 21.9 Å². The van der Waals surface area contributed by atoms with Gasteiger partial charge in [0, 0.05) is 0 Å². The molecule has 0 heterocycles. The van der Waals surface area contributed by atoms with Crippen molar-refractivity contribution in [1.82, 2.24) is 0 Å². The van der Waals surface area contributed by atoms with Gasteiger partial charge in [0.25, 0.3) is 0 Å². The van der Waals surface area contributed by atoms with Crippen LogP contribution < -0.4 is 0 Å². The van der Waals surface area contributed by atoms with Crippen molar-refractivity contribution in [1.29, 1.82) is 0 Å². The first kappa shape index (κ1) is 14.3. The number of benzene rings is 3. The lowest BCUT2D eigenvalue weighted by Gasteiger charge is -2.07. The minimum absolute atomic E-state index is 0. The van der Waals surface area contributed by atoms with Gasteiger partial charge in [0.15, 0.2) is 0 Å². The zero-order valence-electron chi connectivity index (χ0n) is 10.6. The van der Waals surface area contributed by atoms with Gasteiger partial charge in [0.1, 0.15) is 0 Å². The van der Waals surface area contributed by atoms with Gasteiger partial charge in [-0.2, -0.15) is 0 Å². The third-order valence-electron chi connectivity index (χ3n) is 3.22. The van der Waals surface area contributed by atoms with Crippen molar-refractivity contribution in [3.05, 3.63) is 72.3 Å². The van der Waals surface area contributed by atoms with Gasteiger partial charge in [0.2, 0.25) is 0 Å². The number of carboxylic acids is 1. The number of hydrogen-bond donors (Lipinski definition) is 1. The Hall–Kier alpha value is -2.13. The molecule has 0 fully saturated rings. The van der Waals surface area contributed by atoms with Crippen LogP contribution in [0.3, 0.4) is 0 Å². The van der Waals surface area contributed by atoms with E-state index in [4.69, 9.17) is 0 Å². The van der Waals surface area contributed by atoms with E-state index in [2.05, 4.69) is 0 Å². The summed E-state index contributed by atoms with van der Waals surface area (Å²) in [6, 6.07) is 21.1. The van der Waals surface area contributed by atoms with E-state index >= 15 is 0 Å². The fraction of sp³-hybridized carbons (Fsp3) is 0. The molecule has 0 amide bonds. The van der Waals surface area contributed by atoms with E-state index in [9.17, 15) is 9.90 Å². The molecule has 2 nitrogen and oxygen atoms in total. The number of fused-ring (bicyclic) bond motifs is 1. The van der Waals surface area contributed by atoms with Gasteiger partial charge in [-0.1, -0.05) is 54.6 Å². The first-order valence-corrected chi connectivity index (χ1v) is 6.07. The quantitative estimate of drug-likeness (QED) is 0.734. The Labute approximate surface area is 127 Å². The summed E-state index contributed by atoms with van der Waals surface area (Å²) < 4.78 is 0. The third-order valence-corrected chi connectivity index (χ3v) is 3.22. The molecule has 20 heavy (non-hydrogen) atoms. The summed E-state index contributed by atoms with van der Waals surface area (Å²) in [7, 11) is 0. The average Bonchev–Trinajstić information content (AvgIpc) is 2.46. The van der Waals surface area contributed by atoms with E-state index in [1.165, 1.54) is 0 Å². The molecule has 100 valence electrons. The summed E-state index contributed by atoms with van der Waals surface area (Å²) in [5, 5.41) is 11.5. The van der Waals surface area contributed by atoms with Crippen molar-refractivity contribution >= 4 is 33.7 Å². The molecule has 0 spiro atoms. The molecule has 0 radical (unpaired) electrons. The predicted molar refractivity (Wildman–Crippen MR) is 86.7 cm³/mol. The molecular formula is C17H13BrO2. The molecule has 0 aliphatic heterocycles. The Balaban J connectivity index is 0.00000147. The molecule has 1 N–H and O–H groups in total. The Morgan fingerprint density at radius 1 is 0.800 bits per heavy atom. The van der Waals surface area contributed by atoms with Crippen LogP contribution in [0.15, 0.2) is 66.7 Å². The Morgan fingerprint density at radius 2 is 1.45 bits per heavy atom. The largest absolute Gasteiger partial charge is 0.478 e. The van der Waals surface area contributed by atoms with Crippen LogP contribution in [-0.4, -0.2) is 11.1 Å². The standard InChI is InChI=1S/C17H12O2.BrH/c18-17(19)16-8-4-3-7-15(16)14-10-9-12-5-1-2-6-13(12)11-14;/h1-11H,(H,18,19);1H. The van der Waals surface area contributed by atoms with Gasteiger partial charge < -0.3 is 5.11 Å². The fourth-order valence-corrected chi connectivity index (χ4v) is 2.28. The van der Waals surface area contributed by atoms with Gasteiger partial charge >= 0.3 is 5.97 Å². The van der Waals surface area contributed by atoms with E-state index < -0.39 is 5.97 Å². The lowest BCUT2D eigenvalue weighted by atomic mass is 9.97. The molecule has 0 aliphatic rings. The first-order valence-electron chi connectivity index (χ1n) is 6.07. The molecule has 0 bridgehead atoms. The first-order chi connectivity index (χ1) is 9.25. The molecule has 3 aromatic carbocycles. The number of hydrogen-bond acceptors (Lipinski definition) is 1. The van der Waals surface area contributed by atoms with Gasteiger partial charge in [-0.3, -0.25) is 0 Å². The van der Waals surface area contributed by atoms with Crippen LogP contribution in [0.2, 0.25) is 0 Å². The topological polar surface area (TPSA) is 37.3 Å². The summed E-state index contributed by atoms with van der Waals surface area (Å²) in [6.45, 7) is 0. The summed E-state index contributed by atoms with van der Waals surface area (Å²) in [4.78, 5) is 11.3. The highest BCUT2D eigenvalue weighted by Gasteiger charge is 2.10. The summed E-state index contributed by atoms with van der Waals surface area (Å²) in [6.07, 6.45) is 0. The maximum atomic E-state index is 11.3. The van der Waals surface area contributed by atoms with Gasteiger partial charge in [0.05, 0.1) is 5.56 Å². The van der Waals surface area contributed by atoms with Gasteiger partial charge in [-0.25, -0.2) is 4.79 Å². The molecule has 0 unspecified atom stereocenters. The smallest absolute Gasteiger partial charge is 0.336 e. The summed E-state index contributed by atoms with van der Waals surface area (Å²) in [5.74, 6) is -0.899. The van der Waals surface area contributed by atoms with Crippen LogP contribution >= 0.6 is 17.0 Å². The van der Waals surface area contributed by atoms with E-state index in [0.29, 0.717) is 5.56 Å². The van der Waals surface area contributed by atoms with Gasteiger partial charge in [-0.15, -0.1) is 17.0 Å². The van der Waals surface area contributed by atoms with Crippen molar-refractivity contribution in [3.63, 3.8) is 0 Å². The SMILES string of the molecule is Br.O=C(O)c1ccccc1-c1ccc2ccccc2c1. The van der Waals surface area contributed by atoms with E-state index in [-0.39, 0.29) is 17.0 Å². The Bertz CT molecular complexity index is 766. The number of rotatable bonds is 2. The molecule has 0 saturated heterocycles. The van der Waals surface area contributed by atoms with Crippen molar-refractivity contribution in [2.45, 2.75) is 0 Å². The lowest BCUT2D eigenvalue weighted by Crippen LogP contribution is -1.98. The van der Waals surface area contributed by atoms with Gasteiger partial charge in [-0.05, 0) is 34.0 Å². The minimum Gasteiger partial charge on any atom is -0.478 e. The fourth-order valence-electron chi connectivity index (χ4n) is 2.28. The molecule has 0 aliphatic carbocycles. The number of carboxylic acid groups (broad SMARTS) is 1. The zero-order chi connectivity index (χ0) is 13.2. The summed E-state index contributed by atoms with van der Waals surface area (Å²) in [5.41, 5.74) is 2.01. The number of halogens is 1. The Kier molecular flexibility index (Phi) is 4.20. The number of aromatic carboxylic acids is 1. The highest BCUT2D eigenvalue weighted by molar-refractivity contribution is 8.93. The zero-order valence-corrected chi connectivity index (χ0v) is 12.3. The van der Waals surface area contributed by atoms with Crippen molar-refractivity contribution in [3.8, 4) is 11.1 Å². The predicted octanol–water partition coefficient (Wildman–Crippen LogP) is 4.78. The van der Waals surface area contributed by atoms with Crippen LogP contribution in [-0.2, 0) is 0 Å². The monoisotopic (exact) mass is 328 g/mol. The number of carbonyl (C=O) groups is 1. The highest BCUT2D eigenvalue weighted by Crippen LogP contribution is 2.27. The van der Waals surface area contributed by atoms with Crippen LogP contribution in [0.25, 0.3) is 21.9 Å². The van der Waals surface area contributed by atoms with Crippen LogP contribution in [0.4, 0.5) is 0 Å². The molecule has 3 rings (SSSR count). The second-order valence-electron chi connectivity index (χ2n) is 4.41. The summed E-state index contributed by atoms with van der Waals surface area (Å²) >= 11 is 0. The average molecular weight is 329 g/mol. The maximum absolute atomic E-state index is 11.3. The second-order valence-corrected chi connectivity index (χ2v) is 4.41. The molecule has 0 saturated carbocycles. The van der Waals surface area contributed by atoms with E-state index in [1.54, 1.807) is 12.1 Å². The van der Waals surface area contributed by atoms with E-state index in [1.807, 2.05) is 54.6 Å². The third kappa shape index (κ3) is 2.58. The molecule has 3 heteroatoms. The molecule has 3 aromatic rings. The Morgan fingerprint density at radius 3 is 2.20 bits per heavy atom. The molecule has 0 atom stereocenters.